The number of allylic oxidation sites excluding steroid dienone is 2. The molecule has 0 spiro atoms. The minimum absolute atomic E-state index is 0.158. The molecule has 14 heavy (non-hydrogen) atoms. The number of nitrogens with zero attached hydrogens (tertiary/aromatic N) is 1. The fraction of sp³-hybridized carbons (Fsp3) is 0.750. The first-order chi connectivity index (χ1) is 6.59. The summed E-state index contributed by atoms with van der Waals surface area (Å²) < 4.78 is 0. The number of unbranched alkanes of at least 4 members (excludes halogenated alkanes) is 4. The van der Waals surface area contributed by atoms with E-state index in [2.05, 4.69) is 13.0 Å². The quantitative estimate of drug-likeness (QED) is 0.462. The molecule has 0 saturated carbocycles. The first-order valence-electron chi connectivity index (χ1n) is 5.48. The van der Waals surface area contributed by atoms with Gasteiger partial charge in [-0.25, -0.2) is 0 Å². The Balaban J connectivity index is 3.86. The van der Waals surface area contributed by atoms with Gasteiger partial charge < -0.3 is 4.90 Å². The Hall–Kier alpha value is -0.790. The highest BCUT2D eigenvalue weighted by atomic mass is 16.1. The van der Waals surface area contributed by atoms with Gasteiger partial charge >= 0.3 is 0 Å². The van der Waals surface area contributed by atoms with Gasteiger partial charge in [0.1, 0.15) is 0 Å². The van der Waals surface area contributed by atoms with Crippen molar-refractivity contribution >= 4 is 5.78 Å². The molecule has 0 rings (SSSR count). The summed E-state index contributed by atoms with van der Waals surface area (Å²) in [5.74, 6) is 0.158. The molecule has 0 heterocycles. The van der Waals surface area contributed by atoms with Crippen molar-refractivity contribution in [1.82, 2.24) is 4.90 Å². The lowest BCUT2D eigenvalue weighted by Gasteiger charge is -2.14. The van der Waals surface area contributed by atoms with E-state index in [1.54, 1.807) is 6.92 Å². The fourth-order valence-corrected chi connectivity index (χ4v) is 1.45. The Morgan fingerprint density at radius 3 is 2.29 bits per heavy atom. The summed E-state index contributed by atoms with van der Waals surface area (Å²) in [5.41, 5.74) is 0.835. The van der Waals surface area contributed by atoms with E-state index in [9.17, 15) is 4.79 Å². The van der Waals surface area contributed by atoms with Gasteiger partial charge in [-0.05, 0) is 12.8 Å². The number of hydrogen-bond acceptors (Lipinski definition) is 2. The average Bonchev–Trinajstić information content (AvgIpc) is 2.09. The van der Waals surface area contributed by atoms with Crippen LogP contribution >= 0.6 is 0 Å². The third kappa shape index (κ3) is 5.79. The lowest BCUT2D eigenvalue weighted by Crippen LogP contribution is -2.17. The highest BCUT2D eigenvalue weighted by Crippen LogP contribution is 2.07. The lowest BCUT2D eigenvalue weighted by atomic mass is 10.1. The van der Waals surface area contributed by atoms with Gasteiger partial charge in [0.25, 0.3) is 0 Å². The molecule has 0 aliphatic carbocycles. The number of carbonyl (C=O) groups is 1. The predicted molar refractivity (Wildman–Crippen MR) is 61.2 cm³/mol. The van der Waals surface area contributed by atoms with Crippen molar-refractivity contribution < 1.29 is 4.79 Å². The maximum atomic E-state index is 11.2. The van der Waals surface area contributed by atoms with Crippen molar-refractivity contribution in [3.8, 4) is 0 Å². The van der Waals surface area contributed by atoms with Crippen LogP contribution in [0, 0.1) is 0 Å². The van der Waals surface area contributed by atoms with Crippen LogP contribution in [0.3, 0.4) is 0 Å². The maximum Gasteiger partial charge on any atom is 0.175 e. The van der Waals surface area contributed by atoms with E-state index in [0.29, 0.717) is 0 Å². The van der Waals surface area contributed by atoms with E-state index >= 15 is 0 Å². The maximum absolute atomic E-state index is 11.2. The molecule has 0 amide bonds. The SMILES string of the molecule is CCCCCC/C=C(/C(C)=O)N(C)C. The third-order valence-electron chi connectivity index (χ3n) is 2.24. The summed E-state index contributed by atoms with van der Waals surface area (Å²) in [7, 11) is 3.83. The van der Waals surface area contributed by atoms with Crippen LogP contribution in [0.2, 0.25) is 0 Å². The van der Waals surface area contributed by atoms with Gasteiger partial charge in [-0.2, -0.15) is 0 Å². The van der Waals surface area contributed by atoms with E-state index in [-0.39, 0.29) is 5.78 Å². The van der Waals surface area contributed by atoms with Crippen LogP contribution in [0.5, 0.6) is 0 Å². The van der Waals surface area contributed by atoms with Crippen molar-refractivity contribution in [2.24, 2.45) is 0 Å². The van der Waals surface area contributed by atoms with Crippen molar-refractivity contribution in [3.05, 3.63) is 11.8 Å². The van der Waals surface area contributed by atoms with Gasteiger partial charge in [-0.3, -0.25) is 4.79 Å². The first kappa shape index (κ1) is 13.2. The molecule has 82 valence electrons. The number of hydrogen-bond donors (Lipinski definition) is 0. The average molecular weight is 197 g/mol. The predicted octanol–water partition coefficient (Wildman–Crippen LogP) is 2.99. The summed E-state index contributed by atoms with van der Waals surface area (Å²) >= 11 is 0. The zero-order chi connectivity index (χ0) is 11.0. The van der Waals surface area contributed by atoms with Crippen molar-refractivity contribution in [1.29, 1.82) is 0 Å². The summed E-state index contributed by atoms with van der Waals surface area (Å²) in [6.07, 6.45) is 8.09. The zero-order valence-corrected chi connectivity index (χ0v) is 9.97. The molecular formula is C12H23NO. The lowest BCUT2D eigenvalue weighted by molar-refractivity contribution is -0.114. The normalized spacial score (nSPS) is 11.6. The molecule has 0 N–H and O–H groups in total. The van der Waals surface area contributed by atoms with Crippen LogP contribution in [0.25, 0.3) is 0 Å². The standard InChI is InChI=1S/C12H23NO/c1-5-6-7-8-9-10-12(11(2)14)13(3)4/h10H,5-9H2,1-4H3/b12-10-. The van der Waals surface area contributed by atoms with Crippen molar-refractivity contribution in [2.45, 2.75) is 46.0 Å². The largest absolute Gasteiger partial charge is 0.375 e. The number of Topliss-reactive ketones (excluding diaryl/α,β-unsaturated/α-hetero) is 1. The van der Waals surface area contributed by atoms with E-state index in [1.807, 2.05) is 19.0 Å². The highest BCUT2D eigenvalue weighted by molar-refractivity contribution is 5.92. The molecule has 0 fully saturated rings. The number of rotatable bonds is 7. The molecule has 0 bridgehead atoms. The van der Waals surface area contributed by atoms with Crippen LogP contribution in [-0.2, 0) is 4.79 Å². The molecule has 0 atom stereocenters. The monoisotopic (exact) mass is 197 g/mol. The van der Waals surface area contributed by atoms with E-state index in [0.717, 1.165) is 12.1 Å². The highest BCUT2D eigenvalue weighted by Gasteiger charge is 2.04. The fourth-order valence-electron chi connectivity index (χ4n) is 1.45. The topological polar surface area (TPSA) is 20.3 Å². The molecule has 0 aromatic heterocycles. The van der Waals surface area contributed by atoms with Gasteiger partial charge in [-0.15, -0.1) is 0 Å². The van der Waals surface area contributed by atoms with Gasteiger partial charge in [0, 0.05) is 21.0 Å². The first-order valence-corrected chi connectivity index (χ1v) is 5.48. The molecule has 2 nitrogen and oxygen atoms in total. The van der Waals surface area contributed by atoms with Gasteiger partial charge in [0.05, 0.1) is 5.70 Å². The molecule has 0 aliphatic heterocycles. The second-order valence-electron chi connectivity index (χ2n) is 3.89. The summed E-state index contributed by atoms with van der Waals surface area (Å²) in [4.78, 5) is 13.1. The summed E-state index contributed by atoms with van der Waals surface area (Å²) in [6, 6.07) is 0. The molecule has 0 unspecified atom stereocenters. The zero-order valence-electron chi connectivity index (χ0n) is 9.97. The van der Waals surface area contributed by atoms with E-state index < -0.39 is 0 Å². The minimum atomic E-state index is 0.158. The number of ketones is 1. The summed E-state index contributed by atoms with van der Waals surface area (Å²) in [5, 5.41) is 0. The molecule has 0 aliphatic rings. The van der Waals surface area contributed by atoms with Gasteiger partial charge in [0.15, 0.2) is 5.78 Å². The molecule has 0 aromatic carbocycles. The second-order valence-corrected chi connectivity index (χ2v) is 3.89. The van der Waals surface area contributed by atoms with Crippen LogP contribution in [0.1, 0.15) is 46.0 Å². The molecule has 0 saturated heterocycles. The molecule has 0 radical (unpaired) electrons. The minimum Gasteiger partial charge on any atom is -0.375 e. The van der Waals surface area contributed by atoms with Crippen molar-refractivity contribution in [2.75, 3.05) is 14.1 Å². The Labute approximate surface area is 88.0 Å². The molecular weight excluding hydrogens is 174 g/mol. The molecule has 2 heteroatoms. The number of likely N-dealkylation sites (N-methyl/N-ethyl adjacent to an activating group) is 1. The van der Waals surface area contributed by atoms with Crippen LogP contribution in [0.4, 0.5) is 0 Å². The summed E-state index contributed by atoms with van der Waals surface area (Å²) in [6.45, 7) is 3.83. The van der Waals surface area contributed by atoms with E-state index in [1.165, 1.54) is 25.7 Å². The van der Waals surface area contributed by atoms with Crippen LogP contribution < -0.4 is 0 Å². The van der Waals surface area contributed by atoms with Crippen molar-refractivity contribution in [3.63, 3.8) is 0 Å². The van der Waals surface area contributed by atoms with E-state index in [4.69, 9.17) is 0 Å². The van der Waals surface area contributed by atoms with Gasteiger partial charge in [-0.1, -0.05) is 32.3 Å². The Bertz CT molecular complexity index is 194. The smallest absolute Gasteiger partial charge is 0.175 e. The Morgan fingerprint density at radius 2 is 1.86 bits per heavy atom. The van der Waals surface area contributed by atoms with Gasteiger partial charge in [0.2, 0.25) is 0 Å². The Morgan fingerprint density at radius 1 is 1.21 bits per heavy atom. The second kappa shape index (κ2) is 7.60. The molecule has 0 aromatic rings. The van der Waals surface area contributed by atoms with Crippen LogP contribution in [0.15, 0.2) is 11.8 Å². The van der Waals surface area contributed by atoms with Crippen LogP contribution in [-0.4, -0.2) is 24.8 Å². The Kier molecular flexibility index (Phi) is 7.17. The number of carbonyl (C=O) groups excluding carboxylic acids is 1. The third-order valence-corrected chi connectivity index (χ3v) is 2.24.